The number of hydrogen-bond donors (Lipinski definition) is 2. The maximum absolute atomic E-state index is 9.41. The number of nitrogens with one attached hydrogen (secondary N) is 1. The van der Waals surface area contributed by atoms with Crippen molar-refractivity contribution in [1.82, 2.24) is 4.90 Å². The smallest absolute Gasteiger partial charge is 0.134 e. The molecular weight excluding hydrogens is 248 g/mol. The van der Waals surface area contributed by atoms with Gasteiger partial charge in [0, 0.05) is 23.8 Å². The summed E-state index contributed by atoms with van der Waals surface area (Å²) in [6.07, 6.45) is 5.06. The van der Waals surface area contributed by atoms with Gasteiger partial charge in [0.1, 0.15) is 5.75 Å². The Kier molecular flexibility index (Phi) is 3.12. The molecule has 2 aliphatic heterocycles. The molecule has 2 bridgehead atoms. The van der Waals surface area contributed by atoms with Gasteiger partial charge in [-0.3, -0.25) is 0 Å². The molecule has 18 heavy (non-hydrogen) atoms. The van der Waals surface area contributed by atoms with E-state index in [1.165, 1.54) is 25.7 Å². The summed E-state index contributed by atoms with van der Waals surface area (Å²) < 4.78 is 0. The van der Waals surface area contributed by atoms with Crippen molar-refractivity contribution in [3.05, 3.63) is 23.2 Å². The van der Waals surface area contributed by atoms with E-state index in [0.29, 0.717) is 11.1 Å². The third-order valence-corrected chi connectivity index (χ3v) is 4.72. The molecule has 3 rings (SSSR count). The fraction of sp³-hybridized carbons (Fsp3) is 0.571. The maximum atomic E-state index is 9.41. The third-order valence-electron chi connectivity index (χ3n) is 4.42. The van der Waals surface area contributed by atoms with E-state index >= 15 is 0 Å². The molecule has 4 heteroatoms. The average molecular weight is 267 g/mol. The Morgan fingerprint density at radius 1 is 1.28 bits per heavy atom. The van der Waals surface area contributed by atoms with Crippen molar-refractivity contribution in [3.63, 3.8) is 0 Å². The zero-order valence-corrected chi connectivity index (χ0v) is 11.3. The van der Waals surface area contributed by atoms with Crippen LogP contribution in [0.5, 0.6) is 5.75 Å². The lowest BCUT2D eigenvalue weighted by Gasteiger charge is -2.37. The molecule has 98 valence electrons. The van der Waals surface area contributed by atoms with Crippen molar-refractivity contribution >= 4 is 17.3 Å². The molecule has 2 saturated heterocycles. The lowest BCUT2D eigenvalue weighted by atomic mass is 9.98. The molecule has 1 aromatic rings. The first-order chi connectivity index (χ1) is 8.63. The minimum Gasteiger partial charge on any atom is -0.506 e. The molecule has 3 nitrogen and oxygen atoms in total. The molecule has 2 atom stereocenters. The first-order valence-electron chi connectivity index (χ1n) is 6.60. The zero-order valence-electron chi connectivity index (χ0n) is 10.6. The Labute approximate surface area is 113 Å². The van der Waals surface area contributed by atoms with Crippen LogP contribution in [0.3, 0.4) is 0 Å². The van der Waals surface area contributed by atoms with Crippen LogP contribution >= 0.6 is 11.6 Å². The number of aromatic hydroxyl groups is 1. The molecule has 0 spiro atoms. The van der Waals surface area contributed by atoms with Crippen LogP contribution in [0.1, 0.15) is 25.7 Å². The largest absolute Gasteiger partial charge is 0.506 e. The molecular formula is C14H19ClN2O. The predicted molar refractivity (Wildman–Crippen MR) is 74.3 cm³/mol. The number of phenols is 1. The fourth-order valence-corrected chi connectivity index (χ4v) is 3.54. The van der Waals surface area contributed by atoms with Crippen molar-refractivity contribution < 1.29 is 5.11 Å². The van der Waals surface area contributed by atoms with Gasteiger partial charge >= 0.3 is 0 Å². The Balaban J connectivity index is 1.68. The summed E-state index contributed by atoms with van der Waals surface area (Å²) in [4.78, 5) is 2.53. The van der Waals surface area contributed by atoms with E-state index in [2.05, 4.69) is 17.3 Å². The summed E-state index contributed by atoms with van der Waals surface area (Å²) in [5.41, 5.74) is 1.01. The molecule has 0 aromatic heterocycles. The molecule has 0 aliphatic carbocycles. The number of phenolic OH excluding ortho intramolecular Hbond substituents is 1. The van der Waals surface area contributed by atoms with Crippen LogP contribution < -0.4 is 5.32 Å². The quantitative estimate of drug-likeness (QED) is 0.808. The fourth-order valence-electron chi connectivity index (χ4n) is 3.36. The Morgan fingerprint density at radius 3 is 2.56 bits per heavy atom. The predicted octanol–water partition coefficient (Wildman–Crippen LogP) is 3.08. The van der Waals surface area contributed by atoms with Gasteiger partial charge in [0.25, 0.3) is 0 Å². The van der Waals surface area contributed by atoms with Gasteiger partial charge in [0.05, 0.1) is 5.02 Å². The van der Waals surface area contributed by atoms with Gasteiger partial charge in [-0.2, -0.15) is 0 Å². The highest BCUT2D eigenvalue weighted by Crippen LogP contribution is 2.36. The molecule has 2 heterocycles. The van der Waals surface area contributed by atoms with Crippen LogP contribution in [-0.4, -0.2) is 35.2 Å². The normalized spacial score (nSPS) is 31.6. The third kappa shape index (κ3) is 2.17. The van der Waals surface area contributed by atoms with Crippen LogP contribution in [-0.2, 0) is 0 Å². The van der Waals surface area contributed by atoms with Crippen LogP contribution in [0.2, 0.25) is 5.02 Å². The van der Waals surface area contributed by atoms with E-state index < -0.39 is 0 Å². The molecule has 2 aliphatic rings. The van der Waals surface area contributed by atoms with E-state index in [1.807, 2.05) is 6.07 Å². The molecule has 0 radical (unpaired) electrons. The lowest BCUT2D eigenvalue weighted by molar-refractivity contribution is 0.169. The second-order valence-corrected chi connectivity index (χ2v) is 5.94. The number of halogens is 1. The molecule has 0 amide bonds. The van der Waals surface area contributed by atoms with Crippen molar-refractivity contribution in [3.8, 4) is 5.75 Å². The van der Waals surface area contributed by atoms with E-state index in [0.717, 1.165) is 17.8 Å². The molecule has 2 N–H and O–H groups in total. The molecule has 0 saturated carbocycles. The topological polar surface area (TPSA) is 35.5 Å². The van der Waals surface area contributed by atoms with Crippen LogP contribution in [0.25, 0.3) is 0 Å². The average Bonchev–Trinajstić information content (AvgIpc) is 2.58. The minimum atomic E-state index is 0.144. The number of benzene rings is 1. The Hall–Kier alpha value is -0.930. The highest BCUT2D eigenvalue weighted by atomic mass is 35.5. The van der Waals surface area contributed by atoms with Gasteiger partial charge < -0.3 is 15.3 Å². The Morgan fingerprint density at radius 2 is 1.94 bits per heavy atom. The van der Waals surface area contributed by atoms with Crippen molar-refractivity contribution in [2.45, 2.75) is 43.8 Å². The van der Waals surface area contributed by atoms with Gasteiger partial charge in [-0.15, -0.1) is 0 Å². The van der Waals surface area contributed by atoms with E-state index in [1.54, 1.807) is 12.1 Å². The van der Waals surface area contributed by atoms with Gasteiger partial charge in [0.15, 0.2) is 0 Å². The summed E-state index contributed by atoms with van der Waals surface area (Å²) in [5.74, 6) is 0.144. The Bertz CT molecular complexity index is 437. The number of rotatable bonds is 2. The number of fused-ring (bicyclic) bond motifs is 2. The van der Waals surface area contributed by atoms with Crippen molar-refractivity contribution in [2.75, 3.05) is 12.4 Å². The van der Waals surface area contributed by atoms with E-state index in [4.69, 9.17) is 11.6 Å². The van der Waals surface area contributed by atoms with Gasteiger partial charge in [-0.1, -0.05) is 11.6 Å². The number of piperidine rings is 1. The van der Waals surface area contributed by atoms with E-state index in [-0.39, 0.29) is 5.75 Å². The highest BCUT2D eigenvalue weighted by Gasteiger charge is 2.38. The van der Waals surface area contributed by atoms with Gasteiger partial charge in [-0.25, -0.2) is 0 Å². The second-order valence-electron chi connectivity index (χ2n) is 5.53. The summed E-state index contributed by atoms with van der Waals surface area (Å²) in [6, 6.07) is 7.33. The SMILES string of the molecule is CN1C2CCC1CC(Nc1ccc(O)c(Cl)c1)C2. The maximum Gasteiger partial charge on any atom is 0.134 e. The standard InChI is InChI=1S/C14H19ClN2O/c1-17-11-3-4-12(17)7-10(6-11)16-9-2-5-14(18)13(15)8-9/h2,5,8,10-12,16,18H,3-4,6-7H2,1H3. The minimum absolute atomic E-state index is 0.144. The molecule has 2 fully saturated rings. The first-order valence-corrected chi connectivity index (χ1v) is 6.98. The van der Waals surface area contributed by atoms with Crippen molar-refractivity contribution in [2.24, 2.45) is 0 Å². The van der Waals surface area contributed by atoms with Crippen LogP contribution in [0.15, 0.2) is 18.2 Å². The highest BCUT2D eigenvalue weighted by molar-refractivity contribution is 6.32. The van der Waals surface area contributed by atoms with E-state index in [9.17, 15) is 5.11 Å². The van der Waals surface area contributed by atoms with Gasteiger partial charge in [0.2, 0.25) is 0 Å². The molecule has 1 aromatic carbocycles. The summed E-state index contributed by atoms with van der Waals surface area (Å²) in [6.45, 7) is 0. The summed E-state index contributed by atoms with van der Waals surface area (Å²) >= 11 is 5.93. The number of hydrogen-bond acceptors (Lipinski definition) is 3. The van der Waals surface area contributed by atoms with Crippen molar-refractivity contribution in [1.29, 1.82) is 0 Å². The molecule has 2 unspecified atom stereocenters. The number of anilines is 1. The van der Waals surface area contributed by atoms with Crippen LogP contribution in [0, 0.1) is 0 Å². The number of nitrogens with zero attached hydrogens (tertiary/aromatic N) is 1. The first kappa shape index (κ1) is 12.1. The van der Waals surface area contributed by atoms with Gasteiger partial charge in [-0.05, 0) is 50.9 Å². The second kappa shape index (κ2) is 4.63. The monoisotopic (exact) mass is 266 g/mol. The lowest BCUT2D eigenvalue weighted by Crippen LogP contribution is -2.44. The zero-order chi connectivity index (χ0) is 12.7. The van der Waals surface area contributed by atoms with Crippen LogP contribution in [0.4, 0.5) is 5.69 Å². The summed E-state index contributed by atoms with van der Waals surface area (Å²) in [7, 11) is 2.25. The summed E-state index contributed by atoms with van der Waals surface area (Å²) in [5, 5.41) is 13.4.